The minimum absolute atomic E-state index is 0.127. The number of anilines is 2. The van der Waals surface area contributed by atoms with E-state index in [4.69, 9.17) is 4.74 Å². The predicted molar refractivity (Wildman–Crippen MR) is 122 cm³/mol. The summed E-state index contributed by atoms with van der Waals surface area (Å²) in [6.45, 7) is 3.63. The van der Waals surface area contributed by atoms with Gasteiger partial charge in [0.15, 0.2) is 0 Å². The number of amides is 3. The summed E-state index contributed by atoms with van der Waals surface area (Å²) in [6, 6.07) is 14.6. The van der Waals surface area contributed by atoms with E-state index in [9.17, 15) is 9.59 Å². The molecule has 0 bridgehead atoms. The van der Waals surface area contributed by atoms with Gasteiger partial charge in [0.1, 0.15) is 12.4 Å². The third-order valence-corrected chi connectivity index (χ3v) is 5.47. The molecule has 4 rings (SSSR count). The number of carbonyl (C=O) groups excluding carboxylic acids is 2. The molecule has 3 aromatic rings. The quantitative estimate of drug-likeness (QED) is 0.546. The van der Waals surface area contributed by atoms with Crippen molar-refractivity contribution in [2.75, 3.05) is 23.3 Å². The Bertz CT molecular complexity index is 1110. The van der Waals surface area contributed by atoms with E-state index < -0.39 is 0 Å². The van der Waals surface area contributed by atoms with E-state index in [1.54, 1.807) is 34.4 Å². The lowest BCUT2D eigenvalue weighted by Gasteiger charge is -2.15. The highest BCUT2D eigenvalue weighted by molar-refractivity contribution is 7.09. The van der Waals surface area contributed by atoms with Gasteiger partial charge in [-0.3, -0.25) is 9.69 Å². The van der Waals surface area contributed by atoms with Crippen LogP contribution in [-0.2, 0) is 11.4 Å². The van der Waals surface area contributed by atoms with E-state index in [2.05, 4.69) is 15.6 Å². The zero-order valence-electron chi connectivity index (χ0n) is 17.0. The normalized spacial score (nSPS) is 13.5. The first-order valence-corrected chi connectivity index (χ1v) is 10.7. The standard InChI is InChI=1S/C23H22N4O3S/c1-16-25-19(15-31-16)14-30-21-8-5-17(6-9-21)7-10-22(28)26-18-3-2-4-20(13-18)27-12-11-24-23(27)29/h2-10,13,15H,11-12,14H2,1H3,(H,24,29)(H,26,28)/b10-7+. The minimum atomic E-state index is -0.248. The molecule has 0 aliphatic carbocycles. The largest absolute Gasteiger partial charge is 0.487 e. The Kier molecular flexibility index (Phi) is 6.28. The fraction of sp³-hybridized carbons (Fsp3) is 0.174. The third-order valence-electron chi connectivity index (χ3n) is 4.64. The van der Waals surface area contributed by atoms with Crippen LogP contribution in [-0.4, -0.2) is 30.0 Å². The number of nitrogens with one attached hydrogen (secondary N) is 2. The maximum absolute atomic E-state index is 12.3. The van der Waals surface area contributed by atoms with Crippen LogP contribution in [0.4, 0.5) is 16.2 Å². The van der Waals surface area contributed by atoms with Crippen LogP contribution in [0.15, 0.2) is 60.0 Å². The lowest BCUT2D eigenvalue weighted by Crippen LogP contribution is -2.27. The van der Waals surface area contributed by atoms with E-state index in [0.29, 0.717) is 25.4 Å². The monoisotopic (exact) mass is 434 g/mol. The maximum atomic E-state index is 12.3. The van der Waals surface area contributed by atoms with E-state index >= 15 is 0 Å². The van der Waals surface area contributed by atoms with Gasteiger partial charge >= 0.3 is 6.03 Å². The molecule has 3 amide bonds. The number of aromatic nitrogens is 1. The summed E-state index contributed by atoms with van der Waals surface area (Å²) in [5, 5.41) is 8.60. The lowest BCUT2D eigenvalue weighted by molar-refractivity contribution is -0.111. The molecule has 0 atom stereocenters. The van der Waals surface area contributed by atoms with Crippen molar-refractivity contribution in [1.82, 2.24) is 10.3 Å². The Morgan fingerprint density at radius 3 is 2.84 bits per heavy atom. The van der Waals surface area contributed by atoms with E-state index in [-0.39, 0.29) is 11.9 Å². The summed E-state index contributed by atoms with van der Waals surface area (Å²) in [7, 11) is 0. The molecule has 2 N–H and O–H groups in total. The van der Waals surface area contributed by atoms with Gasteiger partial charge in [-0.05, 0) is 48.9 Å². The fourth-order valence-electron chi connectivity index (χ4n) is 3.13. The summed E-state index contributed by atoms with van der Waals surface area (Å²) in [4.78, 5) is 30.1. The lowest BCUT2D eigenvalue weighted by atomic mass is 10.2. The second kappa shape index (κ2) is 9.44. The van der Waals surface area contributed by atoms with Gasteiger partial charge in [0.25, 0.3) is 0 Å². The number of benzene rings is 2. The average Bonchev–Trinajstić information content (AvgIpc) is 3.39. The van der Waals surface area contributed by atoms with Crippen LogP contribution < -0.4 is 20.3 Å². The number of aryl methyl sites for hydroxylation is 1. The molecular formula is C23H22N4O3S. The summed E-state index contributed by atoms with van der Waals surface area (Å²) < 4.78 is 5.73. The number of urea groups is 1. The SMILES string of the molecule is Cc1nc(COc2ccc(/C=C/C(=O)Nc3cccc(N4CCNC4=O)c3)cc2)cs1. The Labute approximate surface area is 184 Å². The van der Waals surface area contributed by atoms with Gasteiger partial charge in [0.05, 0.1) is 10.7 Å². The van der Waals surface area contributed by atoms with Crippen molar-refractivity contribution in [3.63, 3.8) is 0 Å². The molecule has 1 saturated heterocycles. The Balaban J connectivity index is 1.31. The Morgan fingerprint density at radius 1 is 1.29 bits per heavy atom. The Morgan fingerprint density at radius 2 is 2.13 bits per heavy atom. The molecule has 1 aromatic heterocycles. The molecule has 8 heteroatoms. The number of rotatable bonds is 7. The third kappa shape index (κ3) is 5.49. The first-order chi connectivity index (χ1) is 15.1. The molecule has 2 aromatic carbocycles. The second-order valence-corrected chi connectivity index (χ2v) is 8.03. The van der Waals surface area contributed by atoms with E-state index in [1.807, 2.05) is 48.7 Å². The fourth-order valence-corrected chi connectivity index (χ4v) is 3.73. The zero-order chi connectivity index (χ0) is 21.6. The van der Waals surface area contributed by atoms with Crippen LogP contribution in [0.5, 0.6) is 5.75 Å². The molecule has 1 aliphatic rings. The van der Waals surface area contributed by atoms with E-state index in [0.717, 1.165) is 27.7 Å². The van der Waals surface area contributed by atoms with Crippen molar-refractivity contribution in [1.29, 1.82) is 0 Å². The van der Waals surface area contributed by atoms with Crippen molar-refractivity contribution in [2.45, 2.75) is 13.5 Å². The maximum Gasteiger partial charge on any atom is 0.321 e. The summed E-state index contributed by atoms with van der Waals surface area (Å²) >= 11 is 1.60. The number of nitrogens with zero attached hydrogens (tertiary/aromatic N) is 2. The molecular weight excluding hydrogens is 412 g/mol. The summed E-state index contributed by atoms with van der Waals surface area (Å²) in [5.74, 6) is 0.497. The summed E-state index contributed by atoms with van der Waals surface area (Å²) in [5.41, 5.74) is 3.18. The first kappa shape index (κ1) is 20.6. The van der Waals surface area contributed by atoms with E-state index in [1.165, 1.54) is 6.08 Å². The minimum Gasteiger partial charge on any atom is -0.487 e. The van der Waals surface area contributed by atoms with Crippen LogP contribution in [0.25, 0.3) is 6.08 Å². The second-order valence-electron chi connectivity index (χ2n) is 6.97. The number of thiazole rings is 1. The highest BCUT2D eigenvalue weighted by Crippen LogP contribution is 2.21. The van der Waals surface area contributed by atoms with Gasteiger partial charge in [-0.1, -0.05) is 18.2 Å². The molecule has 0 spiro atoms. The smallest absolute Gasteiger partial charge is 0.321 e. The number of ether oxygens (including phenoxy) is 1. The number of carbonyl (C=O) groups is 2. The molecule has 0 unspecified atom stereocenters. The van der Waals surface area contributed by atoms with Crippen LogP contribution in [0.3, 0.4) is 0 Å². The van der Waals surface area contributed by atoms with Gasteiger partial charge in [-0.15, -0.1) is 11.3 Å². The molecule has 7 nitrogen and oxygen atoms in total. The molecule has 31 heavy (non-hydrogen) atoms. The number of hydrogen-bond acceptors (Lipinski definition) is 5. The van der Waals surface area contributed by atoms with Crippen molar-refractivity contribution < 1.29 is 14.3 Å². The molecule has 158 valence electrons. The van der Waals surface area contributed by atoms with Crippen molar-refractivity contribution in [3.05, 3.63) is 76.3 Å². The molecule has 0 radical (unpaired) electrons. The van der Waals surface area contributed by atoms with Gasteiger partial charge in [0.2, 0.25) is 5.91 Å². The van der Waals surface area contributed by atoms with Gasteiger partial charge in [-0.25, -0.2) is 9.78 Å². The van der Waals surface area contributed by atoms with Crippen LogP contribution >= 0.6 is 11.3 Å². The van der Waals surface area contributed by atoms with Gasteiger partial charge in [0, 0.05) is 35.9 Å². The molecule has 2 heterocycles. The average molecular weight is 435 g/mol. The van der Waals surface area contributed by atoms with Crippen molar-refractivity contribution in [2.24, 2.45) is 0 Å². The van der Waals surface area contributed by atoms with Crippen LogP contribution in [0, 0.1) is 6.92 Å². The zero-order valence-corrected chi connectivity index (χ0v) is 17.8. The van der Waals surface area contributed by atoms with Gasteiger partial charge < -0.3 is 15.4 Å². The molecule has 1 aliphatic heterocycles. The van der Waals surface area contributed by atoms with Gasteiger partial charge in [-0.2, -0.15) is 0 Å². The summed E-state index contributed by atoms with van der Waals surface area (Å²) in [6.07, 6.45) is 3.21. The Hall–Kier alpha value is -3.65. The predicted octanol–water partition coefficient (Wildman–Crippen LogP) is 4.21. The molecule has 0 saturated carbocycles. The van der Waals surface area contributed by atoms with Crippen molar-refractivity contribution >= 4 is 40.7 Å². The van der Waals surface area contributed by atoms with Crippen LogP contribution in [0.1, 0.15) is 16.3 Å². The highest BCUT2D eigenvalue weighted by Gasteiger charge is 2.21. The highest BCUT2D eigenvalue weighted by atomic mass is 32.1. The number of hydrogen-bond donors (Lipinski definition) is 2. The molecule has 1 fully saturated rings. The first-order valence-electron chi connectivity index (χ1n) is 9.85. The van der Waals surface area contributed by atoms with Crippen LogP contribution in [0.2, 0.25) is 0 Å². The topological polar surface area (TPSA) is 83.6 Å². The van der Waals surface area contributed by atoms with Crippen molar-refractivity contribution in [3.8, 4) is 5.75 Å².